The molecule has 0 saturated heterocycles. The molecule has 0 bridgehead atoms. The van der Waals surface area contributed by atoms with Crippen molar-refractivity contribution in [3.63, 3.8) is 0 Å². The van der Waals surface area contributed by atoms with Crippen molar-refractivity contribution in [3.8, 4) is 11.8 Å². The van der Waals surface area contributed by atoms with Gasteiger partial charge >= 0.3 is 0 Å². The van der Waals surface area contributed by atoms with Gasteiger partial charge < -0.3 is 5.11 Å². The lowest BCUT2D eigenvalue weighted by molar-refractivity contribution is -0.0173. The molecule has 2 nitrogen and oxygen atoms in total. The van der Waals surface area contributed by atoms with Crippen LogP contribution in [0.15, 0.2) is 60.7 Å². The second-order valence-corrected chi connectivity index (χ2v) is 9.31. The number of nitrogens with zero attached hydrogens (tertiary/aromatic N) is 1. The Bertz CT molecular complexity index is 806. The van der Waals surface area contributed by atoms with E-state index >= 15 is 0 Å². The van der Waals surface area contributed by atoms with Crippen LogP contribution in [0.2, 0.25) is 0 Å². The molecule has 1 fully saturated rings. The molecule has 1 N–H and O–H groups in total. The molecule has 2 aromatic rings. The lowest BCUT2D eigenvalue weighted by Crippen LogP contribution is -2.41. The van der Waals surface area contributed by atoms with Gasteiger partial charge in [-0.25, -0.2) is 0 Å². The lowest BCUT2D eigenvalue weighted by atomic mass is 9.78. The smallest absolute Gasteiger partial charge is 0.103 e. The highest BCUT2D eigenvalue weighted by Crippen LogP contribution is 2.42. The van der Waals surface area contributed by atoms with E-state index in [1.54, 1.807) is 0 Å². The predicted octanol–water partition coefficient (Wildman–Crippen LogP) is 5.76. The zero-order valence-electron chi connectivity index (χ0n) is 18.2. The van der Waals surface area contributed by atoms with Gasteiger partial charge in [0.2, 0.25) is 0 Å². The summed E-state index contributed by atoms with van der Waals surface area (Å²) in [6.45, 7) is 8.28. The molecular formula is C27H35NO. The Kier molecular flexibility index (Phi) is 7.17. The lowest BCUT2D eigenvalue weighted by Gasteiger charge is -2.34. The van der Waals surface area contributed by atoms with Gasteiger partial charge in [-0.15, -0.1) is 0 Å². The zero-order valence-corrected chi connectivity index (χ0v) is 18.2. The van der Waals surface area contributed by atoms with Crippen LogP contribution < -0.4 is 0 Å². The summed E-state index contributed by atoms with van der Waals surface area (Å²) < 4.78 is 0. The van der Waals surface area contributed by atoms with E-state index < -0.39 is 5.60 Å². The van der Waals surface area contributed by atoms with Crippen molar-refractivity contribution < 1.29 is 5.11 Å². The second kappa shape index (κ2) is 9.61. The molecule has 0 unspecified atom stereocenters. The van der Waals surface area contributed by atoms with Crippen molar-refractivity contribution in [1.82, 2.24) is 4.90 Å². The number of benzene rings is 2. The Morgan fingerprint density at radius 1 is 0.897 bits per heavy atom. The molecule has 1 atom stereocenters. The van der Waals surface area contributed by atoms with Crippen molar-refractivity contribution in [2.45, 2.75) is 70.6 Å². The molecule has 0 heterocycles. The Labute approximate surface area is 177 Å². The Morgan fingerprint density at radius 3 is 2.07 bits per heavy atom. The molecule has 1 aliphatic rings. The van der Waals surface area contributed by atoms with Crippen LogP contribution in [0.5, 0.6) is 0 Å². The Morgan fingerprint density at radius 2 is 1.48 bits per heavy atom. The largest absolute Gasteiger partial charge is 0.384 e. The number of rotatable bonds is 6. The average molecular weight is 390 g/mol. The van der Waals surface area contributed by atoms with Crippen molar-refractivity contribution in [3.05, 3.63) is 71.8 Å². The fourth-order valence-electron chi connectivity index (χ4n) is 4.29. The summed E-state index contributed by atoms with van der Waals surface area (Å²) in [4.78, 5) is 2.40. The summed E-state index contributed by atoms with van der Waals surface area (Å²) in [6.07, 6.45) is 5.11. The van der Waals surface area contributed by atoms with Crippen LogP contribution in [0.25, 0.3) is 0 Å². The zero-order chi connectivity index (χ0) is 20.7. The van der Waals surface area contributed by atoms with Crippen molar-refractivity contribution in [2.75, 3.05) is 6.54 Å². The topological polar surface area (TPSA) is 23.5 Å². The van der Waals surface area contributed by atoms with E-state index in [-0.39, 0.29) is 5.54 Å². The van der Waals surface area contributed by atoms with E-state index in [0.29, 0.717) is 18.9 Å². The van der Waals surface area contributed by atoms with Gasteiger partial charge in [0.1, 0.15) is 5.60 Å². The van der Waals surface area contributed by atoms with Gasteiger partial charge in [0.05, 0.1) is 6.54 Å². The number of hydrogen-bond donors (Lipinski definition) is 1. The number of hydrogen-bond acceptors (Lipinski definition) is 2. The van der Waals surface area contributed by atoms with Gasteiger partial charge in [-0.05, 0) is 50.7 Å². The standard InChI is InChI=1S/C27H35NO/c1-26(2,3)28(22-23-14-6-4-7-15-23)21-13-12-20-27(29,25-18-10-11-19-25)24-16-8-5-9-17-24/h4-9,14-17,25,29H,10-11,18-22H2,1-3H3/t27-/m0/s1. The van der Waals surface area contributed by atoms with Crippen molar-refractivity contribution in [2.24, 2.45) is 5.92 Å². The van der Waals surface area contributed by atoms with E-state index in [9.17, 15) is 5.11 Å². The quantitative estimate of drug-likeness (QED) is 0.635. The molecular weight excluding hydrogens is 354 g/mol. The van der Waals surface area contributed by atoms with Crippen LogP contribution in [0.1, 0.15) is 64.0 Å². The molecule has 0 aliphatic heterocycles. The molecule has 2 aromatic carbocycles. The summed E-state index contributed by atoms with van der Waals surface area (Å²) in [5, 5.41) is 11.6. The third kappa shape index (κ3) is 5.72. The first-order chi connectivity index (χ1) is 13.9. The molecule has 2 heteroatoms. The average Bonchev–Trinajstić information content (AvgIpc) is 3.26. The van der Waals surface area contributed by atoms with Gasteiger partial charge in [-0.3, -0.25) is 4.90 Å². The van der Waals surface area contributed by atoms with Crippen LogP contribution in [0.4, 0.5) is 0 Å². The molecule has 0 radical (unpaired) electrons. The van der Waals surface area contributed by atoms with E-state index in [2.05, 4.69) is 80.0 Å². The minimum absolute atomic E-state index is 0.0334. The first-order valence-corrected chi connectivity index (χ1v) is 10.9. The van der Waals surface area contributed by atoms with Gasteiger partial charge in [0, 0.05) is 18.5 Å². The SMILES string of the molecule is CC(C)(C)N(CC#CC[C@](O)(c1ccccc1)C1CCCC1)Cc1ccccc1. The van der Waals surface area contributed by atoms with E-state index in [1.807, 2.05) is 18.2 Å². The molecule has 0 aromatic heterocycles. The monoisotopic (exact) mass is 389 g/mol. The predicted molar refractivity (Wildman–Crippen MR) is 121 cm³/mol. The van der Waals surface area contributed by atoms with Gasteiger partial charge in [-0.1, -0.05) is 85.3 Å². The maximum absolute atomic E-state index is 11.6. The highest BCUT2D eigenvalue weighted by molar-refractivity contribution is 5.26. The second-order valence-electron chi connectivity index (χ2n) is 9.31. The molecule has 154 valence electrons. The van der Waals surface area contributed by atoms with Crippen LogP contribution in [0, 0.1) is 17.8 Å². The third-order valence-corrected chi connectivity index (χ3v) is 6.22. The minimum Gasteiger partial charge on any atom is -0.384 e. The van der Waals surface area contributed by atoms with E-state index in [4.69, 9.17) is 0 Å². The van der Waals surface area contributed by atoms with Gasteiger partial charge in [-0.2, -0.15) is 0 Å². The van der Waals surface area contributed by atoms with Crippen molar-refractivity contribution >= 4 is 0 Å². The maximum atomic E-state index is 11.6. The fourth-order valence-corrected chi connectivity index (χ4v) is 4.29. The third-order valence-electron chi connectivity index (χ3n) is 6.22. The molecule has 29 heavy (non-hydrogen) atoms. The summed E-state index contributed by atoms with van der Waals surface area (Å²) >= 11 is 0. The summed E-state index contributed by atoms with van der Waals surface area (Å²) in [7, 11) is 0. The molecule has 0 amide bonds. The van der Waals surface area contributed by atoms with Crippen LogP contribution in [0.3, 0.4) is 0 Å². The Balaban J connectivity index is 1.72. The van der Waals surface area contributed by atoms with E-state index in [1.165, 1.54) is 18.4 Å². The van der Waals surface area contributed by atoms with Crippen LogP contribution in [-0.2, 0) is 12.1 Å². The summed E-state index contributed by atoms with van der Waals surface area (Å²) in [6, 6.07) is 20.7. The molecule has 1 aliphatic carbocycles. The van der Waals surface area contributed by atoms with Crippen LogP contribution in [-0.4, -0.2) is 22.1 Å². The highest BCUT2D eigenvalue weighted by Gasteiger charge is 2.39. The number of aliphatic hydroxyl groups is 1. The van der Waals surface area contributed by atoms with Crippen molar-refractivity contribution in [1.29, 1.82) is 0 Å². The first-order valence-electron chi connectivity index (χ1n) is 10.9. The van der Waals surface area contributed by atoms with E-state index in [0.717, 1.165) is 24.9 Å². The fraction of sp³-hybridized carbons (Fsp3) is 0.481. The molecule has 3 rings (SSSR count). The van der Waals surface area contributed by atoms with Crippen LogP contribution >= 0.6 is 0 Å². The molecule has 1 saturated carbocycles. The first kappa shape index (κ1) is 21.6. The Hall–Kier alpha value is -2.08. The summed E-state index contributed by atoms with van der Waals surface area (Å²) in [5.41, 5.74) is 1.51. The van der Waals surface area contributed by atoms with Gasteiger partial charge in [0.15, 0.2) is 0 Å². The minimum atomic E-state index is -0.837. The normalized spacial score (nSPS) is 17.0. The maximum Gasteiger partial charge on any atom is 0.103 e. The highest BCUT2D eigenvalue weighted by atomic mass is 16.3. The molecule has 0 spiro atoms. The van der Waals surface area contributed by atoms with Gasteiger partial charge in [0.25, 0.3) is 0 Å². The summed E-state index contributed by atoms with van der Waals surface area (Å²) in [5.74, 6) is 7.03.